The molecule has 0 bridgehead atoms. The first-order chi connectivity index (χ1) is 15.3. The summed E-state index contributed by atoms with van der Waals surface area (Å²) in [6.07, 6.45) is 5.37. The van der Waals surface area contributed by atoms with Gasteiger partial charge in [-0.25, -0.2) is 4.39 Å². The number of benzene rings is 2. The molecule has 1 aliphatic carbocycles. The summed E-state index contributed by atoms with van der Waals surface area (Å²) in [7, 11) is 0. The third-order valence-corrected chi connectivity index (χ3v) is 5.94. The van der Waals surface area contributed by atoms with E-state index in [4.69, 9.17) is 4.74 Å². The number of ether oxygens (including phenoxy) is 1. The molecule has 0 heterocycles. The molecule has 172 valence electrons. The molecule has 1 unspecified atom stereocenters. The van der Waals surface area contributed by atoms with E-state index in [2.05, 4.69) is 5.32 Å². The predicted octanol–water partition coefficient (Wildman–Crippen LogP) is 4.69. The van der Waals surface area contributed by atoms with E-state index in [0.29, 0.717) is 5.75 Å². The molecule has 0 aliphatic heterocycles. The number of aryl methyl sites for hydroxylation is 2. The highest BCUT2D eigenvalue weighted by Gasteiger charge is 2.28. The van der Waals surface area contributed by atoms with Gasteiger partial charge in [0.25, 0.3) is 5.91 Å². The zero-order valence-corrected chi connectivity index (χ0v) is 19.2. The van der Waals surface area contributed by atoms with Crippen molar-refractivity contribution in [1.82, 2.24) is 10.2 Å². The van der Waals surface area contributed by atoms with Crippen molar-refractivity contribution < 1.29 is 18.7 Å². The van der Waals surface area contributed by atoms with Crippen LogP contribution in [0.2, 0.25) is 0 Å². The standard InChI is InChI=1S/C26H33FN2O3/c1-18-13-19(2)15-24(14-18)32-17-25(30)29(16-21-9-11-22(27)12-10-21)20(3)26(31)28-23-7-5-4-6-8-23/h9-15,20,23H,4-8,16-17H2,1-3H3,(H,28,31). The fourth-order valence-electron chi connectivity index (χ4n) is 4.18. The molecule has 2 aromatic rings. The fourth-order valence-corrected chi connectivity index (χ4v) is 4.18. The molecule has 0 radical (unpaired) electrons. The van der Waals surface area contributed by atoms with Crippen molar-refractivity contribution in [1.29, 1.82) is 0 Å². The molecule has 2 aromatic carbocycles. The van der Waals surface area contributed by atoms with Gasteiger partial charge in [0, 0.05) is 12.6 Å². The SMILES string of the molecule is Cc1cc(C)cc(OCC(=O)N(Cc2ccc(F)cc2)C(C)C(=O)NC2CCCCC2)c1. The Morgan fingerprint density at radius 1 is 1.06 bits per heavy atom. The topological polar surface area (TPSA) is 58.6 Å². The number of amides is 2. The molecule has 32 heavy (non-hydrogen) atoms. The number of hydrogen-bond donors (Lipinski definition) is 1. The molecule has 1 fully saturated rings. The Hall–Kier alpha value is -2.89. The maximum absolute atomic E-state index is 13.3. The van der Waals surface area contributed by atoms with Crippen LogP contribution in [0.25, 0.3) is 0 Å². The van der Waals surface area contributed by atoms with Crippen LogP contribution in [0, 0.1) is 19.7 Å². The van der Waals surface area contributed by atoms with Crippen molar-refractivity contribution in [2.24, 2.45) is 0 Å². The summed E-state index contributed by atoms with van der Waals surface area (Å²) < 4.78 is 19.1. The minimum Gasteiger partial charge on any atom is -0.484 e. The largest absolute Gasteiger partial charge is 0.484 e. The third-order valence-electron chi connectivity index (χ3n) is 5.94. The predicted molar refractivity (Wildman–Crippen MR) is 123 cm³/mol. The summed E-state index contributed by atoms with van der Waals surface area (Å²) >= 11 is 0. The Labute approximate surface area is 190 Å². The number of halogens is 1. The van der Waals surface area contributed by atoms with Crippen LogP contribution >= 0.6 is 0 Å². The summed E-state index contributed by atoms with van der Waals surface area (Å²) in [6.45, 7) is 5.70. The highest BCUT2D eigenvalue weighted by molar-refractivity contribution is 5.88. The van der Waals surface area contributed by atoms with Gasteiger partial charge in [0.2, 0.25) is 5.91 Å². The van der Waals surface area contributed by atoms with E-state index in [0.717, 1.165) is 42.4 Å². The zero-order valence-electron chi connectivity index (χ0n) is 19.2. The summed E-state index contributed by atoms with van der Waals surface area (Å²) in [6, 6.07) is 11.3. The summed E-state index contributed by atoms with van der Waals surface area (Å²) in [5.41, 5.74) is 2.86. The second kappa shape index (κ2) is 11.1. The molecular weight excluding hydrogens is 407 g/mol. The number of nitrogens with zero attached hydrogens (tertiary/aromatic N) is 1. The van der Waals surface area contributed by atoms with Crippen LogP contribution in [0.5, 0.6) is 5.75 Å². The molecular formula is C26H33FN2O3. The first-order valence-electron chi connectivity index (χ1n) is 11.4. The second-order valence-electron chi connectivity index (χ2n) is 8.78. The van der Waals surface area contributed by atoms with Crippen molar-refractivity contribution in [2.75, 3.05) is 6.61 Å². The molecule has 2 amide bonds. The van der Waals surface area contributed by atoms with Gasteiger partial charge in [0.1, 0.15) is 17.6 Å². The number of rotatable bonds is 8. The van der Waals surface area contributed by atoms with Gasteiger partial charge in [0.05, 0.1) is 0 Å². The Morgan fingerprint density at radius 3 is 2.31 bits per heavy atom. The minimum absolute atomic E-state index is 0.160. The van der Waals surface area contributed by atoms with Gasteiger partial charge < -0.3 is 15.0 Å². The summed E-state index contributed by atoms with van der Waals surface area (Å²) in [5, 5.41) is 3.10. The smallest absolute Gasteiger partial charge is 0.261 e. The van der Waals surface area contributed by atoms with Crippen molar-refractivity contribution in [3.05, 3.63) is 65.0 Å². The average Bonchev–Trinajstić information content (AvgIpc) is 2.76. The molecule has 6 heteroatoms. The average molecular weight is 441 g/mol. The maximum Gasteiger partial charge on any atom is 0.261 e. The van der Waals surface area contributed by atoms with Crippen molar-refractivity contribution in [3.63, 3.8) is 0 Å². The monoisotopic (exact) mass is 440 g/mol. The number of hydrogen-bond acceptors (Lipinski definition) is 3. The maximum atomic E-state index is 13.3. The third kappa shape index (κ3) is 6.81. The fraction of sp³-hybridized carbons (Fsp3) is 0.462. The van der Waals surface area contributed by atoms with Crippen LogP contribution < -0.4 is 10.1 Å². The van der Waals surface area contributed by atoms with Gasteiger partial charge in [-0.15, -0.1) is 0 Å². The van der Waals surface area contributed by atoms with Gasteiger partial charge in [0.15, 0.2) is 6.61 Å². The normalized spacial score (nSPS) is 15.1. The van der Waals surface area contributed by atoms with Gasteiger partial charge in [-0.2, -0.15) is 0 Å². The van der Waals surface area contributed by atoms with E-state index in [1.54, 1.807) is 19.1 Å². The minimum atomic E-state index is -0.669. The van der Waals surface area contributed by atoms with Gasteiger partial charge >= 0.3 is 0 Å². The Morgan fingerprint density at radius 2 is 1.69 bits per heavy atom. The lowest BCUT2D eigenvalue weighted by molar-refractivity contribution is -0.142. The molecule has 1 saturated carbocycles. The first kappa shape index (κ1) is 23.8. The summed E-state index contributed by atoms with van der Waals surface area (Å²) in [5.74, 6) is -0.178. The number of carbonyl (C=O) groups excluding carboxylic acids is 2. The number of carbonyl (C=O) groups is 2. The summed E-state index contributed by atoms with van der Waals surface area (Å²) in [4.78, 5) is 27.6. The molecule has 5 nitrogen and oxygen atoms in total. The molecule has 3 rings (SSSR count). The Balaban J connectivity index is 1.71. The highest BCUT2D eigenvalue weighted by Crippen LogP contribution is 2.19. The van der Waals surface area contributed by atoms with Crippen LogP contribution in [-0.2, 0) is 16.1 Å². The van der Waals surface area contributed by atoms with Gasteiger partial charge in [-0.3, -0.25) is 9.59 Å². The van der Waals surface area contributed by atoms with Crippen LogP contribution in [0.15, 0.2) is 42.5 Å². The Kier molecular flexibility index (Phi) is 8.26. The van der Waals surface area contributed by atoms with Crippen LogP contribution in [0.1, 0.15) is 55.7 Å². The van der Waals surface area contributed by atoms with E-state index in [1.807, 2.05) is 32.0 Å². The van der Waals surface area contributed by atoms with E-state index >= 15 is 0 Å². The van der Waals surface area contributed by atoms with Crippen LogP contribution in [0.3, 0.4) is 0 Å². The lowest BCUT2D eigenvalue weighted by atomic mass is 9.95. The van der Waals surface area contributed by atoms with Crippen molar-refractivity contribution in [3.8, 4) is 5.75 Å². The van der Waals surface area contributed by atoms with E-state index < -0.39 is 6.04 Å². The lowest BCUT2D eigenvalue weighted by Gasteiger charge is -2.31. The lowest BCUT2D eigenvalue weighted by Crippen LogP contribution is -2.51. The molecule has 1 atom stereocenters. The molecule has 0 saturated heterocycles. The van der Waals surface area contributed by atoms with Crippen molar-refractivity contribution in [2.45, 2.75) is 71.5 Å². The van der Waals surface area contributed by atoms with Gasteiger partial charge in [-0.05, 0) is 74.6 Å². The quantitative estimate of drug-likeness (QED) is 0.648. The second-order valence-corrected chi connectivity index (χ2v) is 8.78. The zero-order chi connectivity index (χ0) is 23.1. The molecule has 0 spiro atoms. The van der Waals surface area contributed by atoms with Gasteiger partial charge in [-0.1, -0.05) is 37.5 Å². The first-order valence-corrected chi connectivity index (χ1v) is 11.4. The van der Waals surface area contributed by atoms with Crippen LogP contribution in [-0.4, -0.2) is 35.4 Å². The van der Waals surface area contributed by atoms with E-state index in [9.17, 15) is 14.0 Å². The number of nitrogens with one attached hydrogen (secondary N) is 1. The van der Waals surface area contributed by atoms with E-state index in [1.165, 1.54) is 23.5 Å². The van der Waals surface area contributed by atoms with E-state index in [-0.39, 0.29) is 36.8 Å². The molecule has 1 N–H and O–H groups in total. The highest BCUT2D eigenvalue weighted by atomic mass is 19.1. The molecule has 1 aliphatic rings. The molecule has 0 aromatic heterocycles. The van der Waals surface area contributed by atoms with Crippen LogP contribution in [0.4, 0.5) is 4.39 Å². The van der Waals surface area contributed by atoms with Crippen molar-refractivity contribution >= 4 is 11.8 Å². The Bertz CT molecular complexity index is 903.